The van der Waals surface area contributed by atoms with Crippen molar-refractivity contribution in [3.63, 3.8) is 0 Å². The quantitative estimate of drug-likeness (QED) is 0.0509. The van der Waals surface area contributed by atoms with Crippen LogP contribution in [0.4, 0.5) is 5.13 Å². The molecule has 2 rings (SSSR count). The first-order valence-electron chi connectivity index (χ1n) is 8.88. The van der Waals surface area contributed by atoms with Gasteiger partial charge in [-0.05, 0) is 13.8 Å². The Morgan fingerprint density at radius 3 is 2.61 bits per heavy atom. The molecule has 18 heteroatoms. The Morgan fingerprint density at radius 2 is 2.12 bits per heavy atom. The van der Waals surface area contributed by atoms with Gasteiger partial charge in [0, 0.05) is 24.2 Å². The van der Waals surface area contributed by atoms with Crippen LogP contribution in [0.15, 0.2) is 11.4 Å². The Morgan fingerprint density at radius 1 is 1.48 bits per heavy atom. The Hall–Kier alpha value is -0.834. The van der Waals surface area contributed by atoms with Crippen LogP contribution in [0.25, 0.3) is 0 Å². The number of carboxylic acids is 1. The summed E-state index contributed by atoms with van der Waals surface area (Å²) in [5, 5.41) is 15.2. The van der Waals surface area contributed by atoms with E-state index in [0.29, 0.717) is 5.75 Å². The number of rotatable bonds is 11. The van der Waals surface area contributed by atoms with Crippen molar-refractivity contribution in [1.29, 1.82) is 0 Å². The maximum absolute atomic E-state index is 12.9. The van der Waals surface area contributed by atoms with Crippen LogP contribution in [0.2, 0.25) is 0 Å². The number of β-lactam (4-membered cyclic amide) rings is 1. The smallest absolute Gasteiger partial charge is 0.731 e. The number of aromatic nitrogens is 1. The topological polar surface area (TPSA) is 230 Å². The molecule has 0 aromatic carbocycles. The molecule has 1 aliphatic rings. The molecule has 6 N–H and O–H groups in total. The largest absolute Gasteiger partial charge is 1.00 e. The number of aliphatic carboxylic acids is 1. The van der Waals surface area contributed by atoms with Crippen molar-refractivity contribution in [2.24, 2.45) is 10.9 Å². The van der Waals surface area contributed by atoms with Gasteiger partial charge < -0.3 is 31.3 Å². The van der Waals surface area contributed by atoms with Crippen LogP contribution in [0.5, 0.6) is 0 Å². The number of nitrogens with zero attached hydrogens (tertiary/aromatic N) is 3. The van der Waals surface area contributed by atoms with E-state index in [2.05, 4.69) is 15.5 Å². The van der Waals surface area contributed by atoms with Crippen molar-refractivity contribution in [2.75, 3.05) is 23.8 Å². The van der Waals surface area contributed by atoms with E-state index in [0.717, 1.165) is 11.3 Å². The molecule has 14 nitrogen and oxygen atoms in total. The first-order valence-corrected chi connectivity index (χ1v) is 12.2. The van der Waals surface area contributed by atoms with Crippen molar-refractivity contribution in [2.45, 2.75) is 31.5 Å². The number of thiazole rings is 1. The van der Waals surface area contributed by atoms with Gasteiger partial charge in [0.1, 0.15) is 6.04 Å². The van der Waals surface area contributed by atoms with E-state index in [4.69, 9.17) is 21.4 Å². The summed E-state index contributed by atoms with van der Waals surface area (Å²) in [6, 6.07) is -2.46. The van der Waals surface area contributed by atoms with E-state index < -0.39 is 51.5 Å². The Labute approximate surface area is 240 Å². The minimum atomic E-state index is -5.09. The summed E-state index contributed by atoms with van der Waals surface area (Å²) in [4.78, 5) is 45.3. The van der Waals surface area contributed by atoms with Crippen molar-refractivity contribution in [3.05, 3.63) is 11.1 Å². The Balaban J connectivity index is 0.00000544. The van der Waals surface area contributed by atoms with Crippen molar-refractivity contribution in [3.8, 4) is 0 Å². The van der Waals surface area contributed by atoms with Crippen molar-refractivity contribution >= 4 is 62.0 Å². The standard InChI is InChI=1S/C15H22N6O8S3.K/c1-15(2,13(24)25)29-20-10(8-5-18-14(17)31-8)11(22)19-9-7(6-30-4-3-16)21(12(9)23)32(26,27)28;/h5,7,9H,3-4,6,16H2,1-2H3,(H2,17,18)(H,19,22)(H,24,25)(H,26,27,28);/q;+1/p-1/b20-10-;/t7-,9-;/m0./s1. The third-order valence-corrected chi connectivity index (χ3v) is 6.97. The SMILES string of the molecule is CC(C)(O/N=C(\C(=O)N[C@@H]1C(=O)N(S(=O)(=O)[O-])[C@H]1CSCCN)c1cnc(N)s1)C(=O)O.[K+]. The fraction of sp³-hybridized carbons (Fsp3) is 0.533. The molecular formula is C15H21KN6O8S3. The zero-order valence-corrected chi connectivity index (χ0v) is 23.5. The fourth-order valence-electron chi connectivity index (χ4n) is 2.41. The van der Waals surface area contributed by atoms with Crippen LogP contribution in [0.1, 0.15) is 18.7 Å². The maximum Gasteiger partial charge on any atom is 1.00 e. The summed E-state index contributed by atoms with van der Waals surface area (Å²) in [6.07, 6.45) is 1.20. The minimum absolute atomic E-state index is 0. The summed E-state index contributed by atoms with van der Waals surface area (Å²) >= 11 is 2.04. The monoisotopic (exact) mass is 548 g/mol. The van der Waals surface area contributed by atoms with Crippen LogP contribution in [-0.4, -0.2) is 86.6 Å². The normalized spacial score (nSPS) is 18.8. The van der Waals surface area contributed by atoms with Gasteiger partial charge in [-0.25, -0.2) is 22.5 Å². The average molecular weight is 549 g/mol. The minimum Gasteiger partial charge on any atom is -0.731 e. The molecule has 0 spiro atoms. The van der Waals surface area contributed by atoms with Gasteiger partial charge in [-0.1, -0.05) is 16.5 Å². The summed E-state index contributed by atoms with van der Waals surface area (Å²) in [6.45, 7) is 2.69. The number of thioether (sulfide) groups is 1. The Kier molecular flexibility index (Phi) is 11.2. The van der Waals surface area contributed by atoms with Gasteiger partial charge in [0.25, 0.3) is 11.8 Å². The van der Waals surface area contributed by atoms with E-state index in [1.165, 1.54) is 31.8 Å². The number of carbonyl (C=O) groups is 3. The molecule has 0 aliphatic carbocycles. The molecule has 0 saturated carbocycles. The van der Waals surface area contributed by atoms with Gasteiger partial charge in [-0.2, -0.15) is 11.8 Å². The number of hydrogen-bond acceptors (Lipinski definition) is 13. The number of amides is 2. The van der Waals surface area contributed by atoms with E-state index in [9.17, 15) is 27.4 Å². The number of nitrogens with two attached hydrogens (primary N) is 2. The first kappa shape index (κ1) is 30.2. The van der Waals surface area contributed by atoms with Gasteiger partial charge in [0.15, 0.2) is 21.1 Å². The number of carboxylic acid groups (broad SMARTS) is 1. The van der Waals surface area contributed by atoms with E-state index in [1.54, 1.807) is 0 Å². The summed E-state index contributed by atoms with van der Waals surface area (Å²) in [5.41, 5.74) is 8.75. The predicted molar refractivity (Wildman–Crippen MR) is 115 cm³/mol. The number of anilines is 1. The van der Waals surface area contributed by atoms with Gasteiger partial charge in [0.2, 0.25) is 5.60 Å². The van der Waals surface area contributed by atoms with Crippen LogP contribution < -0.4 is 68.2 Å². The first-order chi connectivity index (χ1) is 14.8. The van der Waals surface area contributed by atoms with Crippen LogP contribution in [0.3, 0.4) is 0 Å². The number of hydrogen-bond donors (Lipinski definition) is 4. The average Bonchev–Trinajstić information content (AvgIpc) is 3.10. The second-order valence-electron chi connectivity index (χ2n) is 6.88. The molecule has 0 bridgehead atoms. The molecule has 2 heterocycles. The molecule has 1 fully saturated rings. The zero-order valence-electron chi connectivity index (χ0n) is 17.9. The van der Waals surface area contributed by atoms with Gasteiger partial charge >= 0.3 is 57.4 Å². The molecular weight excluding hydrogens is 527 g/mol. The maximum atomic E-state index is 12.9. The van der Waals surface area contributed by atoms with Crippen LogP contribution >= 0.6 is 23.1 Å². The van der Waals surface area contributed by atoms with Gasteiger partial charge in [0.05, 0.1) is 10.9 Å². The summed E-state index contributed by atoms with van der Waals surface area (Å²) in [7, 11) is -5.09. The number of carbonyl (C=O) groups excluding carboxylic acids is 2. The molecule has 0 radical (unpaired) electrons. The molecule has 1 aliphatic heterocycles. The molecule has 2 amide bonds. The van der Waals surface area contributed by atoms with Crippen LogP contribution in [0, 0.1) is 0 Å². The van der Waals surface area contributed by atoms with Crippen molar-refractivity contribution < 1.29 is 88.7 Å². The van der Waals surface area contributed by atoms with E-state index in [1.807, 2.05) is 0 Å². The molecule has 2 atom stereocenters. The molecule has 33 heavy (non-hydrogen) atoms. The third kappa shape index (κ3) is 7.57. The van der Waals surface area contributed by atoms with Gasteiger partial charge in [-0.3, -0.25) is 9.59 Å². The van der Waals surface area contributed by atoms with E-state index in [-0.39, 0.29) is 78.0 Å². The number of nitrogens with one attached hydrogen (secondary N) is 1. The Bertz CT molecular complexity index is 1030. The molecule has 178 valence electrons. The van der Waals surface area contributed by atoms with Gasteiger partial charge in [-0.15, -0.1) is 0 Å². The predicted octanol–water partition coefficient (Wildman–Crippen LogP) is -4.84. The zero-order chi connectivity index (χ0) is 24.3. The van der Waals surface area contributed by atoms with Crippen LogP contribution in [-0.2, 0) is 29.5 Å². The second kappa shape index (κ2) is 12.2. The fourth-order valence-corrected chi connectivity index (χ4v) is 4.94. The summed E-state index contributed by atoms with van der Waals surface area (Å²) < 4.78 is 34.4. The molecule has 0 unspecified atom stereocenters. The molecule has 1 aromatic rings. The number of nitrogen functional groups attached to an aromatic ring is 1. The van der Waals surface area contributed by atoms with Crippen molar-refractivity contribution in [1.82, 2.24) is 14.6 Å². The molecule has 1 saturated heterocycles. The number of oxime groups is 1. The summed E-state index contributed by atoms with van der Waals surface area (Å²) in [5.74, 6) is -2.99. The third-order valence-electron chi connectivity index (χ3n) is 4.10. The second-order valence-corrected chi connectivity index (χ2v) is 10.3. The molecule has 1 aromatic heterocycles. The van der Waals surface area contributed by atoms with E-state index >= 15 is 0 Å².